The van der Waals surface area contributed by atoms with Crippen molar-refractivity contribution in [2.45, 2.75) is 19.3 Å². The molecule has 4 heterocycles. The number of halogens is 1. The number of hydrogen-bond acceptors (Lipinski definition) is 7. The lowest BCUT2D eigenvalue weighted by Crippen LogP contribution is -2.47. The summed E-state index contributed by atoms with van der Waals surface area (Å²) in [7, 11) is 0. The van der Waals surface area contributed by atoms with E-state index in [4.69, 9.17) is 0 Å². The van der Waals surface area contributed by atoms with E-state index in [9.17, 15) is 9.18 Å². The molecule has 0 radical (unpaired) electrons. The number of nitrogens with zero attached hydrogens (tertiary/aromatic N) is 6. The Bertz CT molecular complexity index is 1080. The van der Waals surface area contributed by atoms with Gasteiger partial charge in [-0.2, -0.15) is 0 Å². The van der Waals surface area contributed by atoms with Crippen LogP contribution in [0.25, 0.3) is 5.13 Å². The zero-order chi connectivity index (χ0) is 24.0. The molecule has 35 heavy (non-hydrogen) atoms. The van der Waals surface area contributed by atoms with Crippen molar-refractivity contribution in [1.82, 2.24) is 25.0 Å². The molecule has 0 aliphatic carbocycles. The molecule has 2 saturated heterocycles. The van der Waals surface area contributed by atoms with Gasteiger partial charge in [0.05, 0.1) is 5.92 Å². The molecule has 3 aromatic rings. The minimum atomic E-state index is -0.197. The Labute approximate surface area is 209 Å². The van der Waals surface area contributed by atoms with Gasteiger partial charge in [0.2, 0.25) is 16.2 Å². The Morgan fingerprint density at radius 1 is 1.00 bits per heavy atom. The van der Waals surface area contributed by atoms with E-state index in [0.29, 0.717) is 13.1 Å². The SMILES string of the molecule is O=C(NCCCN1CCN(c2ccc(F)cc2)CC1)C1CCCN(c2nnc(-n3cccc3)s2)C1. The van der Waals surface area contributed by atoms with Crippen LogP contribution >= 0.6 is 11.3 Å². The Morgan fingerprint density at radius 3 is 2.51 bits per heavy atom. The van der Waals surface area contributed by atoms with Gasteiger partial charge in [0.25, 0.3) is 0 Å². The number of amides is 1. The van der Waals surface area contributed by atoms with E-state index in [1.807, 2.05) is 41.2 Å². The van der Waals surface area contributed by atoms with Gasteiger partial charge in [-0.3, -0.25) is 14.3 Å². The number of carbonyl (C=O) groups excluding carboxylic acids is 1. The minimum absolute atomic E-state index is 0.0121. The molecule has 1 unspecified atom stereocenters. The first-order valence-corrected chi connectivity index (χ1v) is 13.2. The summed E-state index contributed by atoms with van der Waals surface area (Å²) in [5.74, 6) is -0.0644. The maximum absolute atomic E-state index is 13.1. The molecule has 1 amide bonds. The van der Waals surface area contributed by atoms with Crippen molar-refractivity contribution in [3.63, 3.8) is 0 Å². The molecule has 2 fully saturated rings. The third-order valence-electron chi connectivity index (χ3n) is 6.81. The lowest BCUT2D eigenvalue weighted by atomic mass is 9.97. The van der Waals surface area contributed by atoms with Crippen LogP contribution in [0.1, 0.15) is 19.3 Å². The maximum Gasteiger partial charge on any atom is 0.224 e. The number of aromatic nitrogens is 3. The molecular weight excluding hydrogens is 465 g/mol. The van der Waals surface area contributed by atoms with Crippen LogP contribution in [0.2, 0.25) is 0 Å². The zero-order valence-electron chi connectivity index (χ0n) is 19.9. The highest BCUT2D eigenvalue weighted by Crippen LogP contribution is 2.28. The fraction of sp³-hybridized carbons (Fsp3) is 0.480. The summed E-state index contributed by atoms with van der Waals surface area (Å²) < 4.78 is 15.1. The lowest BCUT2D eigenvalue weighted by molar-refractivity contribution is -0.125. The summed E-state index contributed by atoms with van der Waals surface area (Å²) in [6.45, 7) is 7.11. The summed E-state index contributed by atoms with van der Waals surface area (Å²) in [6, 6.07) is 10.7. The number of nitrogens with one attached hydrogen (secondary N) is 1. The maximum atomic E-state index is 13.1. The van der Waals surface area contributed by atoms with Gasteiger partial charge < -0.3 is 15.1 Å². The molecule has 2 aliphatic heterocycles. The van der Waals surface area contributed by atoms with Gasteiger partial charge in [-0.1, -0.05) is 11.3 Å². The molecule has 1 N–H and O–H groups in total. The first kappa shape index (κ1) is 23.7. The van der Waals surface area contributed by atoms with Crippen LogP contribution in [0.4, 0.5) is 15.2 Å². The Balaban J connectivity index is 1.02. The molecule has 2 aliphatic rings. The Kier molecular flexibility index (Phi) is 7.58. The van der Waals surface area contributed by atoms with Crippen molar-refractivity contribution in [3.8, 4) is 5.13 Å². The number of hydrogen-bond donors (Lipinski definition) is 1. The van der Waals surface area contributed by atoms with Gasteiger partial charge in [0.15, 0.2) is 0 Å². The number of anilines is 2. The fourth-order valence-electron chi connectivity index (χ4n) is 4.81. The van der Waals surface area contributed by atoms with E-state index in [1.54, 1.807) is 11.3 Å². The molecular formula is C25H32FN7OS. The highest BCUT2D eigenvalue weighted by molar-refractivity contribution is 7.17. The molecule has 1 aromatic carbocycles. The monoisotopic (exact) mass is 497 g/mol. The van der Waals surface area contributed by atoms with Crippen molar-refractivity contribution < 1.29 is 9.18 Å². The summed E-state index contributed by atoms with van der Waals surface area (Å²) in [4.78, 5) is 19.7. The van der Waals surface area contributed by atoms with Crippen LogP contribution in [0.5, 0.6) is 0 Å². The minimum Gasteiger partial charge on any atom is -0.369 e. The van der Waals surface area contributed by atoms with E-state index >= 15 is 0 Å². The third kappa shape index (κ3) is 5.99. The number of benzene rings is 1. The molecule has 1 atom stereocenters. The molecule has 0 bridgehead atoms. The summed E-state index contributed by atoms with van der Waals surface area (Å²) in [6.07, 6.45) is 6.76. The topological polar surface area (TPSA) is 69.5 Å². The van der Waals surface area contributed by atoms with Gasteiger partial charge in [-0.25, -0.2) is 4.39 Å². The smallest absolute Gasteiger partial charge is 0.224 e. The molecule has 2 aromatic heterocycles. The highest BCUT2D eigenvalue weighted by Gasteiger charge is 2.27. The summed E-state index contributed by atoms with van der Waals surface area (Å²) in [5, 5.41) is 13.5. The predicted molar refractivity (Wildman–Crippen MR) is 137 cm³/mol. The predicted octanol–water partition coefficient (Wildman–Crippen LogP) is 3.01. The van der Waals surface area contributed by atoms with Gasteiger partial charge in [-0.05, 0) is 62.2 Å². The number of piperidine rings is 1. The first-order valence-electron chi connectivity index (χ1n) is 12.4. The van der Waals surface area contributed by atoms with E-state index in [2.05, 4.69) is 30.2 Å². The van der Waals surface area contributed by atoms with Crippen LogP contribution in [-0.2, 0) is 4.79 Å². The number of piperazine rings is 1. The van der Waals surface area contributed by atoms with E-state index in [0.717, 1.165) is 74.5 Å². The van der Waals surface area contributed by atoms with Crippen LogP contribution in [0.3, 0.4) is 0 Å². The molecule has 186 valence electrons. The molecule has 0 spiro atoms. The fourth-order valence-corrected chi connectivity index (χ4v) is 5.66. The van der Waals surface area contributed by atoms with Crippen molar-refractivity contribution in [2.24, 2.45) is 5.92 Å². The van der Waals surface area contributed by atoms with Gasteiger partial charge >= 0.3 is 0 Å². The van der Waals surface area contributed by atoms with Crippen molar-refractivity contribution in [2.75, 3.05) is 62.2 Å². The van der Waals surface area contributed by atoms with Gasteiger partial charge in [-0.15, -0.1) is 10.2 Å². The molecule has 0 saturated carbocycles. The van der Waals surface area contributed by atoms with Gasteiger partial charge in [0, 0.05) is 63.9 Å². The third-order valence-corrected chi connectivity index (χ3v) is 7.80. The zero-order valence-corrected chi connectivity index (χ0v) is 20.7. The van der Waals surface area contributed by atoms with Crippen LogP contribution in [0.15, 0.2) is 48.8 Å². The van der Waals surface area contributed by atoms with Crippen LogP contribution in [0, 0.1) is 11.7 Å². The summed E-state index contributed by atoms with van der Waals surface area (Å²) >= 11 is 1.56. The average Bonchev–Trinajstić information content (AvgIpc) is 3.60. The molecule has 5 rings (SSSR count). The van der Waals surface area contributed by atoms with Crippen molar-refractivity contribution in [3.05, 3.63) is 54.6 Å². The second kappa shape index (κ2) is 11.2. The van der Waals surface area contributed by atoms with Gasteiger partial charge in [0.1, 0.15) is 5.82 Å². The standard InChI is InChI=1S/C25H32FN7OS/c26-21-6-8-22(9-7-21)31-17-15-30(16-18-31)11-4-10-27-23(34)20-5-3-14-33(19-20)25-29-28-24(35-25)32-12-1-2-13-32/h1-2,6-9,12-13,20H,3-5,10-11,14-19H2,(H,27,34). The molecule has 8 nitrogen and oxygen atoms in total. The average molecular weight is 498 g/mol. The number of carbonyl (C=O) groups is 1. The lowest BCUT2D eigenvalue weighted by Gasteiger charge is -2.36. The van der Waals surface area contributed by atoms with Crippen molar-refractivity contribution >= 4 is 28.1 Å². The van der Waals surface area contributed by atoms with Crippen molar-refractivity contribution in [1.29, 1.82) is 0 Å². The van der Waals surface area contributed by atoms with E-state index in [-0.39, 0.29) is 17.6 Å². The van der Waals surface area contributed by atoms with Crippen LogP contribution < -0.4 is 15.1 Å². The second-order valence-electron chi connectivity index (χ2n) is 9.19. The Morgan fingerprint density at radius 2 is 1.74 bits per heavy atom. The normalized spacial score (nSPS) is 19.2. The highest BCUT2D eigenvalue weighted by atomic mass is 32.1. The second-order valence-corrected chi connectivity index (χ2v) is 10.1. The Hall–Kier alpha value is -2.98. The number of rotatable bonds is 8. The van der Waals surface area contributed by atoms with Crippen LogP contribution in [-0.4, -0.2) is 77.9 Å². The quantitative estimate of drug-likeness (QED) is 0.483. The first-order chi connectivity index (χ1) is 17.2. The van der Waals surface area contributed by atoms with E-state index < -0.39 is 0 Å². The molecule has 10 heteroatoms. The van der Waals surface area contributed by atoms with E-state index in [1.165, 1.54) is 12.1 Å². The summed E-state index contributed by atoms with van der Waals surface area (Å²) in [5.41, 5.74) is 1.08. The largest absolute Gasteiger partial charge is 0.369 e.